The van der Waals surface area contributed by atoms with Crippen molar-refractivity contribution < 1.29 is 9.66 Å². The van der Waals surface area contributed by atoms with Crippen molar-refractivity contribution in [2.24, 2.45) is 0 Å². The van der Waals surface area contributed by atoms with Crippen LogP contribution in [0, 0.1) is 10.1 Å². The van der Waals surface area contributed by atoms with Gasteiger partial charge in [0.15, 0.2) is 0 Å². The summed E-state index contributed by atoms with van der Waals surface area (Å²) in [5, 5.41) is 10.6. The van der Waals surface area contributed by atoms with Gasteiger partial charge in [0, 0.05) is 18.4 Å². The molecular weight excluding hydrogens is 230 g/mol. The van der Waals surface area contributed by atoms with E-state index in [4.69, 9.17) is 16.3 Å². The van der Waals surface area contributed by atoms with Gasteiger partial charge < -0.3 is 4.74 Å². The van der Waals surface area contributed by atoms with E-state index in [9.17, 15) is 10.1 Å². The first-order valence-electron chi connectivity index (χ1n) is 4.94. The zero-order valence-corrected chi connectivity index (χ0v) is 10.0. The average molecular weight is 244 g/mol. The quantitative estimate of drug-likeness (QED) is 0.453. The molecule has 0 fully saturated rings. The van der Waals surface area contributed by atoms with Gasteiger partial charge in [0.1, 0.15) is 11.4 Å². The third-order valence-electron chi connectivity index (χ3n) is 2.12. The number of halogens is 1. The molecule has 5 heteroatoms. The Morgan fingerprint density at radius 1 is 1.50 bits per heavy atom. The van der Waals surface area contributed by atoms with E-state index in [1.165, 1.54) is 12.1 Å². The number of alkyl halides is 1. The maximum Gasteiger partial charge on any atom is 0.273 e. The van der Waals surface area contributed by atoms with Crippen LogP contribution in [0.4, 0.5) is 5.69 Å². The zero-order chi connectivity index (χ0) is 12.2. The standard InChI is InChI=1S/C11H14ClNO3/c1-11(2,6-7-12)16-10-5-3-4-9(8-10)13(14)15/h3-5,8H,6-7H2,1-2H3. The Morgan fingerprint density at radius 3 is 2.75 bits per heavy atom. The first kappa shape index (κ1) is 12.8. The van der Waals surface area contributed by atoms with E-state index < -0.39 is 10.5 Å². The molecule has 0 aliphatic carbocycles. The lowest BCUT2D eigenvalue weighted by Gasteiger charge is -2.25. The highest BCUT2D eigenvalue weighted by molar-refractivity contribution is 6.17. The molecule has 0 aliphatic rings. The zero-order valence-electron chi connectivity index (χ0n) is 9.27. The van der Waals surface area contributed by atoms with Crippen molar-refractivity contribution in [1.29, 1.82) is 0 Å². The van der Waals surface area contributed by atoms with E-state index in [0.29, 0.717) is 18.1 Å². The Labute approximate surface area is 99.3 Å². The predicted molar refractivity (Wildman–Crippen MR) is 63.1 cm³/mol. The summed E-state index contributed by atoms with van der Waals surface area (Å²) >= 11 is 5.65. The lowest BCUT2D eigenvalue weighted by atomic mass is 10.1. The fraction of sp³-hybridized carbons (Fsp3) is 0.455. The highest BCUT2D eigenvalue weighted by atomic mass is 35.5. The molecule has 0 aliphatic heterocycles. The summed E-state index contributed by atoms with van der Waals surface area (Å²) < 4.78 is 5.64. The van der Waals surface area contributed by atoms with Gasteiger partial charge in [-0.05, 0) is 19.9 Å². The average Bonchev–Trinajstić information content (AvgIpc) is 2.17. The second-order valence-corrected chi connectivity index (χ2v) is 4.43. The van der Waals surface area contributed by atoms with Crippen LogP contribution >= 0.6 is 11.6 Å². The Bertz CT molecular complexity index is 379. The van der Waals surface area contributed by atoms with Crippen molar-refractivity contribution in [2.75, 3.05) is 5.88 Å². The van der Waals surface area contributed by atoms with Crippen LogP contribution in [0.2, 0.25) is 0 Å². The molecule has 0 unspecified atom stereocenters. The van der Waals surface area contributed by atoms with Crippen LogP contribution in [0.25, 0.3) is 0 Å². The van der Waals surface area contributed by atoms with Crippen LogP contribution in [0.5, 0.6) is 5.75 Å². The van der Waals surface area contributed by atoms with E-state index in [2.05, 4.69) is 0 Å². The number of nitro groups is 1. The number of nitro benzene ring substituents is 1. The molecule has 0 heterocycles. The monoisotopic (exact) mass is 243 g/mol. The molecule has 0 bridgehead atoms. The Kier molecular flexibility index (Phi) is 4.12. The van der Waals surface area contributed by atoms with Gasteiger partial charge in [-0.25, -0.2) is 0 Å². The molecule has 0 spiro atoms. The van der Waals surface area contributed by atoms with Gasteiger partial charge in [0.25, 0.3) is 5.69 Å². The molecule has 0 saturated carbocycles. The van der Waals surface area contributed by atoms with E-state index >= 15 is 0 Å². The molecule has 88 valence electrons. The molecule has 1 rings (SSSR count). The number of hydrogen-bond donors (Lipinski definition) is 0. The molecule has 1 aromatic rings. The summed E-state index contributed by atoms with van der Waals surface area (Å²) in [5.41, 5.74) is -0.393. The van der Waals surface area contributed by atoms with Crippen LogP contribution in [0.1, 0.15) is 20.3 Å². The second kappa shape index (κ2) is 5.16. The minimum Gasteiger partial charge on any atom is -0.488 e. The van der Waals surface area contributed by atoms with Gasteiger partial charge in [-0.3, -0.25) is 10.1 Å². The molecule has 0 atom stereocenters. The molecular formula is C11H14ClNO3. The van der Waals surface area contributed by atoms with Crippen molar-refractivity contribution >= 4 is 17.3 Å². The smallest absolute Gasteiger partial charge is 0.273 e. The normalized spacial score (nSPS) is 11.2. The van der Waals surface area contributed by atoms with Crippen LogP contribution in [-0.4, -0.2) is 16.4 Å². The van der Waals surface area contributed by atoms with Crippen LogP contribution in [0.3, 0.4) is 0 Å². The van der Waals surface area contributed by atoms with Crippen LogP contribution < -0.4 is 4.74 Å². The predicted octanol–water partition coefficient (Wildman–Crippen LogP) is 3.38. The maximum atomic E-state index is 10.6. The van der Waals surface area contributed by atoms with Gasteiger partial charge in [0.05, 0.1) is 11.0 Å². The molecule has 0 amide bonds. The SMILES string of the molecule is CC(C)(CCCl)Oc1cccc([N+](=O)[O-])c1. The summed E-state index contributed by atoms with van der Waals surface area (Å²) in [7, 11) is 0. The lowest BCUT2D eigenvalue weighted by molar-refractivity contribution is -0.385. The third-order valence-corrected chi connectivity index (χ3v) is 2.31. The Balaban J connectivity index is 2.81. The molecule has 16 heavy (non-hydrogen) atoms. The van der Waals surface area contributed by atoms with Crippen molar-refractivity contribution in [3.8, 4) is 5.75 Å². The van der Waals surface area contributed by atoms with Gasteiger partial charge in [-0.2, -0.15) is 0 Å². The summed E-state index contributed by atoms with van der Waals surface area (Å²) in [6.07, 6.45) is 0.678. The largest absolute Gasteiger partial charge is 0.488 e. The molecule has 0 aromatic heterocycles. The Hall–Kier alpha value is -1.29. The first-order valence-corrected chi connectivity index (χ1v) is 5.47. The van der Waals surface area contributed by atoms with Gasteiger partial charge in [0.2, 0.25) is 0 Å². The third kappa shape index (κ3) is 3.70. The number of benzene rings is 1. The van der Waals surface area contributed by atoms with E-state index in [1.807, 2.05) is 13.8 Å². The van der Waals surface area contributed by atoms with Crippen LogP contribution in [0.15, 0.2) is 24.3 Å². The number of non-ortho nitro benzene ring substituents is 1. The van der Waals surface area contributed by atoms with Gasteiger partial charge >= 0.3 is 0 Å². The second-order valence-electron chi connectivity index (χ2n) is 4.06. The lowest BCUT2D eigenvalue weighted by Crippen LogP contribution is -2.28. The fourth-order valence-electron chi connectivity index (χ4n) is 1.26. The van der Waals surface area contributed by atoms with Crippen molar-refractivity contribution in [3.63, 3.8) is 0 Å². The minimum atomic E-state index is -0.443. The fourth-order valence-corrected chi connectivity index (χ4v) is 1.71. The van der Waals surface area contributed by atoms with Crippen molar-refractivity contribution in [3.05, 3.63) is 34.4 Å². The molecule has 4 nitrogen and oxygen atoms in total. The molecule has 0 N–H and O–H groups in total. The Morgan fingerprint density at radius 2 is 2.19 bits per heavy atom. The first-order chi connectivity index (χ1) is 7.44. The number of ether oxygens (including phenoxy) is 1. The highest BCUT2D eigenvalue weighted by Gasteiger charge is 2.19. The highest BCUT2D eigenvalue weighted by Crippen LogP contribution is 2.25. The summed E-state index contributed by atoms with van der Waals surface area (Å²) in [5.74, 6) is 0.978. The summed E-state index contributed by atoms with van der Waals surface area (Å²) in [6.45, 7) is 3.79. The van der Waals surface area contributed by atoms with E-state index in [0.717, 1.165) is 0 Å². The number of rotatable bonds is 5. The molecule has 0 radical (unpaired) electrons. The van der Waals surface area contributed by atoms with E-state index in [-0.39, 0.29) is 5.69 Å². The molecule has 0 saturated heterocycles. The summed E-state index contributed by atoms with van der Waals surface area (Å²) in [6, 6.07) is 6.14. The maximum absolute atomic E-state index is 10.6. The molecule has 1 aromatic carbocycles. The topological polar surface area (TPSA) is 52.4 Å². The van der Waals surface area contributed by atoms with Crippen molar-refractivity contribution in [1.82, 2.24) is 0 Å². The van der Waals surface area contributed by atoms with E-state index in [1.54, 1.807) is 12.1 Å². The van der Waals surface area contributed by atoms with Gasteiger partial charge in [-0.1, -0.05) is 6.07 Å². The number of hydrogen-bond acceptors (Lipinski definition) is 3. The van der Waals surface area contributed by atoms with Crippen LogP contribution in [-0.2, 0) is 0 Å². The van der Waals surface area contributed by atoms with Gasteiger partial charge in [-0.15, -0.1) is 11.6 Å². The van der Waals surface area contributed by atoms with Crippen molar-refractivity contribution in [2.45, 2.75) is 25.9 Å². The number of nitrogens with zero attached hydrogens (tertiary/aromatic N) is 1. The minimum absolute atomic E-state index is 0.0270. The summed E-state index contributed by atoms with van der Waals surface area (Å²) in [4.78, 5) is 10.1.